The summed E-state index contributed by atoms with van der Waals surface area (Å²) >= 11 is 2.21. The minimum atomic E-state index is -0.0900. The highest BCUT2D eigenvalue weighted by atomic mass is 127. The van der Waals surface area contributed by atoms with Crippen molar-refractivity contribution in [2.75, 3.05) is 11.9 Å². The monoisotopic (exact) mass is 463 g/mol. The molecule has 0 fully saturated rings. The van der Waals surface area contributed by atoms with E-state index < -0.39 is 0 Å². The van der Waals surface area contributed by atoms with Crippen molar-refractivity contribution in [1.29, 1.82) is 0 Å². The van der Waals surface area contributed by atoms with Gasteiger partial charge in [0.2, 0.25) is 17.6 Å². The second-order valence-corrected chi connectivity index (χ2v) is 6.77. The first kappa shape index (κ1) is 18.4. The minimum absolute atomic E-state index is 0.0900. The SMILES string of the molecule is CCOc1ccc(-c2noc(CCC(=O)Nc3cccc(I)c3)n2)cc1. The largest absolute Gasteiger partial charge is 0.494 e. The van der Waals surface area contributed by atoms with Crippen molar-refractivity contribution in [3.8, 4) is 17.1 Å². The molecule has 26 heavy (non-hydrogen) atoms. The summed E-state index contributed by atoms with van der Waals surface area (Å²) in [7, 11) is 0. The highest BCUT2D eigenvalue weighted by molar-refractivity contribution is 14.1. The Morgan fingerprint density at radius 3 is 2.77 bits per heavy atom. The van der Waals surface area contributed by atoms with Gasteiger partial charge >= 0.3 is 0 Å². The lowest BCUT2D eigenvalue weighted by Gasteiger charge is -2.04. The van der Waals surface area contributed by atoms with Gasteiger partial charge in [-0.2, -0.15) is 4.98 Å². The van der Waals surface area contributed by atoms with Gasteiger partial charge in [-0.3, -0.25) is 4.79 Å². The van der Waals surface area contributed by atoms with E-state index in [1.54, 1.807) is 0 Å². The molecule has 0 saturated heterocycles. The predicted octanol–water partition coefficient (Wildman–Crippen LogP) is 4.31. The summed E-state index contributed by atoms with van der Waals surface area (Å²) < 4.78 is 11.7. The molecule has 7 heteroatoms. The lowest BCUT2D eigenvalue weighted by Crippen LogP contribution is -2.12. The third-order valence-electron chi connectivity index (χ3n) is 3.57. The van der Waals surface area contributed by atoms with Crippen LogP contribution < -0.4 is 10.1 Å². The summed E-state index contributed by atoms with van der Waals surface area (Å²) in [6, 6.07) is 15.1. The molecule has 1 amide bonds. The van der Waals surface area contributed by atoms with Gasteiger partial charge in [-0.1, -0.05) is 11.2 Å². The zero-order chi connectivity index (χ0) is 18.4. The van der Waals surface area contributed by atoms with Gasteiger partial charge in [0.1, 0.15) is 5.75 Å². The average Bonchev–Trinajstić information content (AvgIpc) is 3.10. The lowest BCUT2D eigenvalue weighted by molar-refractivity contribution is -0.116. The van der Waals surface area contributed by atoms with Crippen molar-refractivity contribution in [1.82, 2.24) is 10.1 Å². The Kier molecular flexibility index (Phi) is 6.21. The molecular weight excluding hydrogens is 445 g/mol. The number of aryl methyl sites for hydroxylation is 1. The second kappa shape index (κ2) is 8.79. The first-order valence-electron chi connectivity index (χ1n) is 8.25. The number of nitrogens with zero attached hydrogens (tertiary/aromatic N) is 2. The summed E-state index contributed by atoms with van der Waals surface area (Å²) in [6.45, 7) is 2.56. The van der Waals surface area contributed by atoms with E-state index >= 15 is 0 Å². The van der Waals surface area contributed by atoms with E-state index in [9.17, 15) is 4.79 Å². The quantitative estimate of drug-likeness (QED) is 0.529. The molecule has 0 radical (unpaired) electrons. The molecule has 3 aromatic rings. The number of carbonyl (C=O) groups is 1. The molecule has 0 aliphatic carbocycles. The standard InChI is InChI=1S/C19H18IN3O3/c1-2-25-16-8-6-13(7-9-16)19-22-18(26-23-19)11-10-17(24)21-15-5-3-4-14(20)12-15/h3-9,12H,2,10-11H2,1H3,(H,21,24). The molecule has 2 aromatic carbocycles. The highest BCUT2D eigenvalue weighted by Crippen LogP contribution is 2.20. The molecule has 0 saturated carbocycles. The number of ether oxygens (including phenoxy) is 1. The van der Waals surface area contributed by atoms with Crippen molar-refractivity contribution < 1.29 is 14.1 Å². The second-order valence-electron chi connectivity index (χ2n) is 5.53. The van der Waals surface area contributed by atoms with Gasteiger partial charge in [-0.05, 0) is 72.0 Å². The number of anilines is 1. The fraction of sp³-hybridized carbons (Fsp3) is 0.211. The van der Waals surface area contributed by atoms with E-state index in [1.807, 2.05) is 55.5 Å². The van der Waals surface area contributed by atoms with Gasteiger partial charge in [0.15, 0.2) is 0 Å². The Balaban J connectivity index is 1.55. The number of rotatable bonds is 7. The Bertz CT molecular complexity index is 878. The summed E-state index contributed by atoms with van der Waals surface area (Å²) in [5.41, 5.74) is 1.62. The average molecular weight is 463 g/mol. The van der Waals surface area contributed by atoms with E-state index in [1.165, 1.54) is 0 Å². The number of nitrogens with one attached hydrogen (secondary N) is 1. The molecule has 3 rings (SSSR count). The van der Waals surface area contributed by atoms with E-state index in [-0.39, 0.29) is 12.3 Å². The van der Waals surface area contributed by atoms with E-state index in [0.29, 0.717) is 24.7 Å². The third-order valence-corrected chi connectivity index (χ3v) is 4.24. The van der Waals surface area contributed by atoms with Crippen molar-refractivity contribution in [2.24, 2.45) is 0 Å². The van der Waals surface area contributed by atoms with Crippen LogP contribution in [0.3, 0.4) is 0 Å². The minimum Gasteiger partial charge on any atom is -0.494 e. The number of aromatic nitrogens is 2. The maximum atomic E-state index is 12.1. The van der Waals surface area contributed by atoms with Crippen molar-refractivity contribution in [2.45, 2.75) is 19.8 Å². The molecule has 134 valence electrons. The molecule has 0 aliphatic heterocycles. The maximum absolute atomic E-state index is 12.1. The van der Waals surface area contributed by atoms with Crippen LogP contribution in [0.5, 0.6) is 5.75 Å². The summed E-state index contributed by atoms with van der Waals surface area (Å²) in [5, 5.41) is 6.84. The molecule has 0 aliphatic rings. The third kappa shape index (κ3) is 5.04. The molecule has 1 aromatic heterocycles. The number of amides is 1. The Morgan fingerprint density at radius 1 is 1.23 bits per heavy atom. The van der Waals surface area contributed by atoms with Crippen LogP contribution in [0.15, 0.2) is 53.1 Å². The van der Waals surface area contributed by atoms with Crippen LogP contribution in [0.2, 0.25) is 0 Å². The first-order chi connectivity index (χ1) is 12.6. The van der Waals surface area contributed by atoms with Crippen molar-refractivity contribution in [3.05, 3.63) is 58.0 Å². The number of hydrogen-bond donors (Lipinski definition) is 1. The Morgan fingerprint density at radius 2 is 2.04 bits per heavy atom. The number of carbonyl (C=O) groups excluding carboxylic acids is 1. The molecule has 0 spiro atoms. The predicted molar refractivity (Wildman–Crippen MR) is 107 cm³/mol. The smallest absolute Gasteiger partial charge is 0.227 e. The lowest BCUT2D eigenvalue weighted by atomic mass is 10.2. The van der Waals surface area contributed by atoms with Gasteiger partial charge in [0, 0.05) is 27.7 Å². The van der Waals surface area contributed by atoms with Crippen LogP contribution in [0, 0.1) is 3.57 Å². The van der Waals surface area contributed by atoms with Gasteiger partial charge in [0.25, 0.3) is 0 Å². The molecule has 1 heterocycles. The zero-order valence-electron chi connectivity index (χ0n) is 14.2. The van der Waals surface area contributed by atoms with Crippen molar-refractivity contribution in [3.63, 3.8) is 0 Å². The molecule has 0 bridgehead atoms. The topological polar surface area (TPSA) is 77.2 Å². The van der Waals surface area contributed by atoms with E-state index in [4.69, 9.17) is 9.26 Å². The van der Waals surface area contributed by atoms with Gasteiger partial charge in [0.05, 0.1) is 6.61 Å². The molecular formula is C19H18IN3O3. The zero-order valence-corrected chi connectivity index (χ0v) is 16.4. The normalized spacial score (nSPS) is 10.5. The van der Waals surface area contributed by atoms with Gasteiger partial charge < -0.3 is 14.6 Å². The van der Waals surface area contributed by atoms with Gasteiger partial charge in [-0.25, -0.2) is 0 Å². The maximum Gasteiger partial charge on any atom is 0.227 e. The molecule has 6 nitrogen and oxygen atoms in total. The van der Waals surface area contributed by atoms with Crippen LogP contribution in [0.25, 0.3) is 11.4 Å². The summed E-state index contributed by atoms with van der Waals surface area (Å²) in [4.78, 5) is 16.4. The Labute approximate surface area is 165 Å². The fourth-order valence-electron chi connectivity index (χ4n) is 2.35. The summed E-state index contributed by atoms with van der Waals surface area (Å²) in [5.74, 6) is 1.65. The number of hydrogen-bond acceptors (Lipinski definition) is 5. The molecule has 0 unspecified atom stereocenters. The van der Waals surface area contributed by atoms with Crippen LogP contribution in [-0.4, -0.2) is 22.7 Å². The van der Waals surface area contributed by atoms with E-state index in [0.717, 1.165) is 20.6 Å². The first-order valence-corrected chi connectivity index (χ1v) is 9.33. The Hall–Kier alpha value is -2.42. The molecule has 0 atom stereocenters. The highest BCUT2D eigenvalue weighted by Gasteiger charge is 2.11. The molecule has 1 N–H and O–H groups in total. The van der Waals surface area contributed by atoms with Crippen LogP contribution >= 0.6 is 22.6 Å². The fourth-order valence-corrected chi connectivity index (χ4v) is 2.89. The summed E-state index contributed by atoms with van der Waals surface area (Å²) in [6.07, 6.45) is 0.663. The van der Waals surface area contributed by atoms with Crippen molar-refractivity contribution >= 4 is 34.2 Å². The number of halogens is 1. The van der Waals surface area contributed by atoms with Crippen LogP contribution in [0.1, 0.15) is 19.2 Å². The van der Waals surface area contributed by atoms with Crippen LogP contribution in [-0.2, 0) is 11.2 Å². The number of benzene rings is 2. The van der Waals surface area contributed by atoms with Crippen LogP contribution in [0.4, 0.5) is 5.69 Å². The van der Waals surface area contributed by atoms with Gasteiger partial charge in [-0.15, -0.1) is 0 Å². The van der Waals surface area contributed by atoms with E-state index in [2.05, 4.69) is 38.0 Å².